The Labute approximate surface area is 403 Å². The fraction of sp³-hybridized carbons (Fsp3) is 0.333. The first-order valence-corrected chi connectivity index (χ1v) is 22.5. The summed E-state index contributed by atoms with van der Waals surface area (Å²) in [5, 5.41) is 37.5. The molecule has 0 saturated carbocycles. The van der Waals surface area contributed by atoms with E-state index in [4.69, 9.17) is 18.9 Å². The summed E-state index contributed by atoms with van der Waals surface area (Å²) in [5.41, 5.74) is 1.88. The molecular weight excluding hydrogens is 939 g/mol. The average molecular weight is 986 g/mol. The highest BCUT2D eigenvalue weighted by molar-refractivity contribution is 7.99. The van der Waals surface area contributed by atoms with Gasteiger partial charge in [-0.1, -0.05) is 12.1 Å². The van der Waals surface area contributed by atoms with Crippen molar-refractivity contribution in [3.63, 3.8) is 0 Å². The number of hydrogen-bond acceptors (Lipinski definition) is 17. The molecule has 24 nitrogen and oxygen atoms in total. The Morgan fingerprint density at radius 3 is 1.59 bits per heavy atom. The van der Waals surface area contributed by atoms with Gasteiger partial charge in [-0.25, -0.2) is 19.4 Å². The van der Waals surface area contributed by atoms with Crippen LogP contribution in [-0.4, -0.2) is 123 Å². The number of carbonyl (C=O) groups excluding carboxylic acids is 5. The van der Waals surface area contributed by atoms with Gasteiger partial charge in [-0.3, -0.25) is 55.5 Å². The number of likely N-dealkylation sites (tertiary alicyclic amines) is 1. The van der Waals surface area contributed by atoms with Crippen LogP contribution >= 0.6 is 11.8 Å². The Hall–Kier alpha value is -8.35. The van der Waals surface area contributed by atoms with Crippen LogP contribution in [0.5, 0.6) is 5.75 Å². The van der Waals surface area contributed by atoms with Crippen LogP contribution in [-0.2, 0) is 49.4 Å². The van der Waals surface area contributed by atoms with Crippen molar-refractivity contribution < 1.29 is 57.7 Å². The van der Waals surface area contributed by atoms with Gasteiger partial charge in [-0.2, -0.15) is 11.8 Å². The summed E-state index contributed by atoms with van der Waals surface area (Å²) < 4.78 is 21.3. The molecule has 2 N–H and O–H groups in total. The van der Waals surface area contributed by atoms with Crippen molar-refractivity contribution >= 4 is 64.9 Å². The fourth-order valence-corrected chi connectivity index (χ4v) is 8.51. The van der Waals surface area contributed by atoms with Crippen LogP contribution < -0.4 is 15.4 Å². The fourth-order valence-electron chi connectivity index (χ4n) is 7.31. The lowest BCUT2D eigenvalue weighted by Crippen LogP contribution is -2.59. The Morgan fingerprint density at radius 2 is 1.13 bits per heavy atom. The predicted molar refractivity (Wildman–Crippen MR) is 249 cm³/mol. The number of amides is 5. The summed E-state index contributed by atoms with van der Waals surface area (Å²) in [4.78, 5) is 107. The van der Waals surface area contributed by atoms with Gasteiger partial charge in [0, 0.05) is 79.6 Å². The zero-order chi connectivity index (χ0) is 50.3. The lowest BCUT2D eigenvalue weighted by molar-refractivity contribution is -0.385. The summed E-state index contributed by atoms with van der Waals surface area (Å²) in [6.07, 6.45) is -2.63. The van der Waals surface area contributed by atoms with E-state index in [0.717, 1.165) is 5.56 Å². The third-order valence-electron chi connectivity index (χ3n) is 11.0. The number of carbonyl (C=O) groups is 5. The largest absolute Gasteiger partial charge is 0.497 e. The number of hydrogen-bond donors (Lipinski definition) is 2. The summed E-state index contributed by atoms with van der Waals surface area (Å²) >= 11 is 1.58. The highest BCUT2D eigenvalue weighted by atomic mass is 32.2. The Bertz CT molecular complexity index is 2510. The molecule has 3 atom stereocenters. The molecule has 0 bridgehead atoms. The number of aliphatic imine (C=N–C) groups is 1. The number of guanidine groups is 1. The Balaban J connectivity index is 1.08. The van der Waals surface area contributed by atoms with Crippen molar-refractivity contribution in [2.75, 3.05) is 39.8 Å². The van der Waals surface area contributed by atoms with Gasteiger partial charge in [0.1, 0.15) is 38.2 Å². The molecule has 4 aromatic carbocycles. The van der Waals surface area contributed by atoms with Crippen LogP contribution in [0.4, 0.5) is 31.4 Å². The maximum atomic E-state index is 14.3. The molecule has 0 aromatic heterocycles. The van der Waals surface area contributed by atoms with Crippen molar-refractivity contribution in [2.24, 2.45) is 4.99 Å². The first kappa shape index (κ1) is 51.0. The van der Waals surface area contributed by atoms with E-state index in [1.54, 1.807) is 30.7 Å². The third kappa shape index (κ3) is 14.3. The van der Waals surface area contributed by atoms with Gasteiger partial charge in [-0.05, 0) is 84.1 Å². The highest BCUT2D eigenvalue weighted by Crippen LogP contribution is 2.33. The number of thioether (sulfide) groups is 1. The van der Waals surface area contributed by atoms with Gasteiger partial charge in [-0.15, -0.1) is 0 Å². The van der Waals surface area contributed by atoms with Crippen LogP contribution in [0.3, 0.4) is 0 Å². The zero-order valence-corrected chi connectivity index (χ0v) is 38.5. The molecule has 4 aromatic rings. The molecular formula is C45H47N9O15S. The molecule has 0 aliphatic carbocycles. The number of nitro groups is 3. The SMILES string of the molecule is COc1ccc(CS[C@H]2C[C@@H](C(=O)N3CCN(C(=O)CN=C(NC(=O)OCc4ccc([N+](=O)[O-])cc4)NC(=O)OCc4ccc([N+](=O)[O-])cc4)C(C)C3)N(C(=O)OCc3ccc([N+](=O)[O-])cc3)C2)cc1. The quantitative estimate of drug-likeness (QED) is 0.0447. The van der Waals surface area contributed by atoms with E-state index in [1.807, 2.05) is 24.3 Å². The van der Waals surface area contributed by atoms with Crippen LogP contribution in [0.25, 0.3) is 0 Å². The third-order valence-corrected chi connectivity index (χ3v) is 12.4. The van der Waals surface area contributed by atoms with E-state index >= 15 is 0 Å². The highest BCUT2D eigenvalue weighted by Gasteiger charge is 2.44. The van der Waals surface area contributed by atoms with E-state index in [0.29, 0.717) is 34.6 Å². The van der Waals surface area contributed by atoms with Gasteiger partial charge < -0.3 is 28.7 Å². The van der Waals surface area contributed by atoms with Crippen LogP contribution in [0.1, 0.15) is 35.6 Å². The minimum absolute atomic E-state index is 0.0684. The van der Waals surface area contributed by atoms with E-state index in [1.165, 1.54) is 82.6 Å². The first-order valence-electron chi connectivity index (χ1n) is 21.4. The van der Waals surface area contributed by atoms with Crippen LogP contribution in [0.15, 0.2) is 102 Å². The van der Waals surface area contributed by atoms with Gasteiger partial charge in [0.25, 0.3) is 17.1 Å². The van der Waals surface area contributed by atoms with Crippen molar-refractivity contribution in [2.45, 2.75) is 56.3 Å². The lowest BCUT2D eigenvalue weighted by Gasteiger charge is -2.41. The van der Waals surface area contributed by atoms with E-state index in [-0.39, 0.29) is 74.2 Å². The standard InChI is InChI=1S/C45H47N9O15S/c1-29-23-49(41(56)39-21-38(70-28-33-9-17-37(66-2)18-10-33)24-51(39)45(59)69-27-32-7-15-36(16-8-32)54(64)65)19-20-50(29)40(55)22-46-42(47-43(57)67-25-30-3-11-34(12-4-30)52(60)61)48-44(58)68-26-31-5-13-35(14-6-31)53(62)63/h3-18,29,38-39H,19-28H2,1-2H3,(H2,46,47,48,57,58)/t29?,38-,39-/m0/s1. The number of non-ortho nitro benzene ring substituents is 3. The van der Waals surface area contributed by atoms with E-state index in [9.17, 15) is 54.3 Å². The van der Waals surface area contributed by atoms with Crippen molar-refractivity contribution in [1.82, 2.24) is 25.3 Å². The second-order valence-electron chi connectivity index (χ2n) is 15.8. The maximum Gasteiger partial charge on any atom is 0.414 e. The molecule has 0 spiro atoms. The van der Waals surface area contributed by atoms with Crippen molar-refractivity contribution in [1.29, 1.82) is 0 Å². The molecule has 5 amide bonds. The number of nitrogens with one attached hydrogen (secondary N) is 2. The maximum absolute atomic E-state index is 14.3. The van der Waals surface area contributed by atoms with Gasteiger partial charge in [0.2, 0.25) is 17.8 Å². The molecule has 2 saturated heterocycles. The summed E-state index contributed by atoms with van der Waals surface area (Å²) in [5.74, 6) is -0.100. The Morgan fingerprint density at radius 1 is 0.657 bits per heavy atom. The van der Waals surface area contributed by atoms with Crippen LogP contribution in [0, 0.1) is 30.3 Å². The first-order chi connectivity index (χ1) is 33.6. The monoisotopic (exact) mass is 985 g/mol. The molecule has 2 heterocycles. The van der Waals surface area contributed by atoms with Crippen molar-refractivity contribution in [3.8, 4) is 5.75 Å². The molecule has 368 valence electrons. The summed E-state index contributed by atoms with van der Waals surface area (Å²) in [6.45, 7) is 0.757. The van der Waals surface area contributed by atoms with E-state index < -0.39 is 63.5 Å². The molecule has 6 rings (SSSR count). The lowest BCUT2D eigenvalue weighted by atomic mass is 10.1. The topological polar surface area (TPSA) is 298 Å². The second kappa shape index (κ2) is 24.1. The number of piperazine rings is 1. The average Bonchev–Trinajstić information content (AvgIpc) is 3.80. The number of alkyl carbamates (subject to hydrolysis) is 2. The minimum atomic E-state index is -1.11. The zero-order valence-electron chi connectivity index (χ0n) is 37.7. The van der Waals surface area contributed by atoms with E-state index in [2.05, 4.69) is 15.6 Å². The molecule has 1 unspecified atom stereocenters. The molecule has 0 radical (unpaired) electrons. The predicted octanol–water partition coefficient (Wildman–Crippen LogP) is 5.70. The number of methoxy groups -OCH3 is 1. The number of benzene rings is 4. The molecule has 2 aliphatic rings. The number of rotatable bonds is 16. The van der Waals surface area contributed by atoms with Gasteiger partial charge in [0.15, 0.2) is 0 Å². The minimum Gasteiger partial charge on any atom is -0.497 e. The van der Waals surface area contributed by atoms with Gasteiger partial charge >= 0.3 is 18.3 Å². The van der Waals surface area contributed by atoms with Crippen molar-refractivity contribution in [3.05, 3.63) is 150 Å². The second-order valence-corrected chi connectivity index (χ2v) is 17.1. The molecule has 70 heavy (non-hydrogen) atoms. The number of nitrogens with zero attached hydrogens (tertiary/aromatic N) is 7. The molecule has 25 heteroatoms. The summed E-state index contributed by atoms with van der Waals surface area (Å²) in [7, 11) is 1.58. The summed E-state index contributed by atoms with van der Waals surface area (Å²) in [6, 6.07) is 22.1. The Kier molecular flexibility index (Phi) is 17.6. The number of ether oxygens (including phenoxy) is 4. The number of nitro benzene ring substituents is 3. The normalized spacial score (nSPS) is 16.3. The molecule has 2 aliphatic heterocycles. The van der Waals surface area contributed by atoms with Crippen LogP contribution in [0.2, 0.25) is 0 Å². The van der Waals surface area contributed by atoms with Gasteiger partial charge in [0.05, 0.1) is 21.9 Å². The smallest absolute Gasteiger partial charge is 0.414 e. The molecule has 2 fully saturated rings.